The highest BCUT2D eigenvalue weighted by Crippen LogP contribution is 2.27. The largest absolute Gasteiger partial charge is 0.357 e. The maximum atomic E-state index is 12.3. The predicted molar refractivity (Wildman–Crippen MR) is 116 cm³/mol. The standard InChI is InChI=1S/C23H30N4O2/c1-17-15-21(26-11-3-2-4-12-26)25-20-8-7-18(16-19(17)20)24-22(28)9-10-23(29)27-13-5-6-14-27/h7-8,15-16H,2-6,9-14H2,1H3,(H,24,28). The number of carbonyl (C=O) groups excluding carboxylic acids is 2. The molecule has 0 atom stereocenters. The number of nitrogens with zero attached hydrogens (tertiary/aromatic N) is 3. The van der Waals surface area contributed by atoms with Crippen molar-refractivity contribution in [3.63, 3.8) is 0 Å². The summed E-state index contributed by atoms with van der Waals surface area (Å²) in [5.41, 5.74) is 2.87. The lowest BCUT2D eigenvalue weighted by Gasteiger charge is -2.28. The van der Waals surface area contributed by atoms with Crippen molar-refractivity contribution in [3.8, 4) is 0 Å². The highest BCUT2D eigenvalue weighted by molar-refractivity contribution is 5.96. The van der Waals surface area contributed by atoms with Crippen molar-refractivity contribution in [2.24, 2.45) is 0 Å². The first kappa shape index (κ1) is 19.7. The average molecular weight is 395 g/mol. The highest BCUT2D eigenvalue weighted by Gasteiger charge is 2.19. The fourth-order valence-electron chi connectivity index (χ4n) is 4.31. The molecule has 4 rings (SSSR count). The molecular formula is C23H30N4O2. The van der Waals surface area contributed by atoms with E-state index in [0.717, 1.165) is 67.0 Å². The minimum atomic E-state index is -0.118. The number of aromatic nitrogens is 1. The number of benzene rings is 1. The van der Waals surface area contributed by atoms with Crippen molar-refractivity contribution in [1.29, 1.82) is 0 Å². The predicted octanol–water partition coefficient (Wildman–Crippen LogP) is 3.87. The topological polar surface area (TPSA) is 65.5 Å². The molecule has 6 heteroatoms. The SMILES string of the molecule is Cc1cc(N2CCCCC2)nc2ccc(NC(=O)CCC(=O)N3CCCC3)cc12. The Labute approximate surface area is 172 Å². The monoisotopic (exact) mass is 394 g/mol. The number of carbonyl (C=O) groups is 2. The first-order valence-corrected chi connectivity index (χ1v) is 10.8. The highest BCUT2D eigenvalue weighted by atomic mass is 16.2. The number of hydrogen-bond donors (Lipinski definition) is 1. The van der Waals surface area contributed by atoms with Gasteiger partial charge in [-0.3, -0.25) is 9.59 Å². The summed E-state index contributed by atoms with van der Waals surface area (Å²) in [5.74, 6) is 1.01. The number of aryl methyl sites for hydroxylation is 1. The van der Waals surface area contributed by atoms with Crippen LogP contribution in [0.1, 0.15) is 50.5 Å². The Morgan fingerprint density at radius 1 is 0.966 bits per heavy atom. The van der Waals surface area contributed by atoms with Gasteiger partial charge in [0.2, 0.25) is 11.8 Å². The van der Waals surface area contributed by atoms with E-state index in [0.29, 0.717) is 0 Å². The number of amides is 2. The number of fused-ring (bicyclic) bond motifs is 1. The van der Waals surface area contributed by atoms with Crippen LogP contribution >= 0.6 is 0 Å². The van der Waals surface area contributed by atoms with Crippen molar-refractivity contribution in [2.45, 2.75) is 51.9 Å². The summed E-state index contributed by atoms with van der Waals surface area (Å²) in [6.07, 6.45) is 6.39. The van der Waals surface area contributed by atoms with Crippen LogP contribution in [0.15, 0.2) is 24.3 Å². The van der Waals surface area contributed by atoms with Crippen LogP contribution in [-0.4, -0.2) is 47.9 Å². The maximum absolute atomic E-state index is 12.3. The van der Waals surface area contributed by atoms with E-state index in [1.54, 1.807) is 0 Å². The van der Waals surface area contributed by atoms with E-state index in [-0.39, 0.29) is 24.7 Å². The average Bonchev–Trinajstić information content (AvgIpc) is 3.28. The Morgan fingerprint density at radius 2 is 1.69 bits per heavy atom. The quantitative estimate of drug-likeness (QED) is 0.836. The number of pyridine rings is 1. The number of likely N-dealkylation sites (tertiary alicyclic amines) is 1. The van der Waals surface area contributed by atoms with Crippen LogP contribution in [0.5, 0.6) is 0 Å². The number of anilines is 2. The molecule has 6 nitrogen and oxygen atoms in total. The summed E-state index contributed by atoms with van der Waals surface area (Å²) in [4.78, 5) is 33.5. The van der Waals surface area contributed by atoms with Crippen LogP contribution in [0.4, 0.5) is 11.5 Å². The normalized spacial score (nSPS) is 17.0. The molecule has 0 saturated carbocycles. The van der Waals surface area contributed by atoms with E-state index in [2.05, 4.69) is 23.2 Å². The summed E-state index contributed by atoms with van der Waals surface area (Å²) in [5, 5.41) is 3.99. The summed E-state index contributed by atoms with van der Waals surface area (Å²) >= 11 is 0. The number of rotatable bonds is 5. The molecule has 2 amide bonds. The molecular weight excluding hydrogens is 364 g/mol. The third-order valence-corrected chi connectivity index (χ3v) is 5.99. The lowest BCUT2D eigenvalue weighted by atomic mass is 10.1. The molecule has 2 aromatic rings. The molecule has 1 aromatic carbocycles. The second-order valence-electron chi connectivity index (χ2n) is 8.21. The molecule has 3 heterocycles. The van der Waals surface area contributed by atoms with Crippen molar-refractivity contribution in [3.05, 3.63) is 29.8 Å². The van der Waals surface area contributed by atoms with Gasteiger partial charge in [-0.25, -0.2) is 4.98 Å². The van der Waals surface area contributed by atoms with Crippen LogP contribution in [-0.2, 0) is 9.59 Å². The third kappa shape index (κ3) is 4.69. The Bertz CT molecular complexity index is 899. The van der Waals surface area contributed by atoms with Crippen LogP contribution in [0.25, 0.3) is 10.9 Å². The van der Waals surface area contributed by atoms with Gasteiger partial charge < -0.3 is 15.1 Å². The fourth-order valence-corrected chi connectivity index (χ4v) is 4.31. The molecule has 154 valence electrons. The minimum absolute atomic E-state index is 0.0847. The number of hydrogen-bond acceptors (Lipinski definition) is 4. The van der Waals surface area contributed by atoms with Crippen LogP contribution in [0.2, 0.25) is 0 Å². The van der Waals surface area contributed by atoms with Gasteiger partial charge in [-0.2, -0.15) is 0 Å². The minimum Gasteiger partial charge on any atom is -0.357 e. The summed E-state index contributed by atoms with van der Waals surface area (Å²) in [7, 11) is 0. The van der Waals surface area contributed by atoms with E-state index in [9.17, 15) is 9.59 Å². The third-order valence-electron chi connectivity index (χ3n) is 5.99. The zero-order valence-corrected chi connectivity index (χ0v) is 17.2. The van der Waals surface area contributed by atoms with Crippen LogP contribution < -0.4 is 10.2 Å². The molecule has 0 unspecified atom stereocenters. The van der Waals surface area contributed by atoms with Crippen LogP contribution in [0, 0.1) is 6.92 Å². The van der Waals surface area contributed by atoms with Gasteiger partial charge in [-0.1, -0.05) is 0 Å². The van der Waals surface area contributed by atoms with Gasteiger partial charge in [0.05, 0.1) is 5.52 Å². The fraction of sp³-hybridized carbons (Fsp3) is 0.522. The van der Waals surface area contributed by atoms with Crippen LogP contribution in [0.3, 0.4) is 0 Å². The molecule has 29 heavy (non-hydrogen) atoms. The molecule has 1 aromatic heterocycles. The molecule has 1 N–H and O–H groups in total. The molecule has 2 aliphatic rings. The molecule has 2 aliphatic heterocycles. The molecule has 0 radical (unpaired) electrons. The van der Waals surface area contributed by atoms with Gasteiger partial charge in [-0.05, 0) is 68.9 Å². The smallest absolute Gasteiger partial charge is 0.224 e. The molecule has 0 bridgehead atoms. The summed E-state index contributed by atoms with van der Waals surface area (Å²) in [6, 6.07) is 8.00. The molecule has 2 saturated heterocycles. The Hall–Kier alpha value is -2.63. The van der Waals surface area contributed by atoms with Crippen molar-refractivity contribution in [1.82, 2.24) is 9.88 Å². The number of piperidine rings is 1. The second kappa shape index (κ2) is 8.80. The van der Waals surface area contributed by atoms with E-state index < -0.39 is 0 Å². The number of nitrogens with one attached hydrogen (secondary N) is 1. The van der Waals surface area contributed by atoms with Gasteiger partial charge in [0.25, 0.3) is 0 Å². The zero-order valence-electron chi connectivity index (χ0n) is 17.2. The van der Waals surface area contributed by atoms with Gasteiger partial charge in [0.15, 0.2) is 0 Å². The first-order valence-electron chi connectivity index (χ1n) is 10.8. The molecule has 0 aliphatic carbocycles. The Kier molecular flexibility index (Phi) is 5.97. The van der Waals surface area contributed by atoms with Crippen molar-refractivity contribution in [2.75, 3.05) is 36.4 Å². The lowest BCUT2D eigenvalue weighted by molar-refractivity contribution is -0.131. The first-order chi connectivity index (χ1) is 14.1. The van der Waals surface area contributed by atoms with Gasteiger partial charge >= 0.3 is 0 Å². The molecule has 0 spiro atoms. The van der Waals surface area contributed by atoms with Gasteiger partial charge in [0, 0.05) is 50.1 Å². The summed E-state index contributed by atoms with van der Waals surface area (Å²) in [6.45, 7) is 5.90. The van der Waals surface area contributed by atoms with Crippen molar-refractivity contribution < 1.29 is 9.59 Å². The second-order valence-corrected chi connectivity index (χ2v) is 8.21. The Morgan fingerprint density at radius 3 is 2.45 bits per heavy atom. The Balaban J connectivity index is 1.40. The lowest BCUT2D eigenvalue weighted by Crippen LogP contribution is -2.30. The van der Waals surface area contributed by atoms with Gasteiger partial charge in [-0.15, -0.1) is 0 Å². The zero-order chi connectivity index (χ0) is 20.2. The van der Waals surface area contributed by atoms with Crippen molar-refractivity contribution >= 4 is 34.2 Å². The van der Waals surface area contributed by atoms with Gasteiger partial charge in [0.1, 0.15) is 5.82 Å². The summed E-state index contributed by atoms with van der Waals surface area (Å²) < 4.78 is 0. The molecule has 2 fully saturated rings. The van der Waals surface area contributed by atoms with E-state index in [1.165, 1.54) is 19.3 Å². The van der Waals surface area contributed by atoms with E-state index in [4.69, 9.17) is 4.98 Å². The van der Waals surface area contributed by atoms with E-state index >= 15 is 0 Å². The maximum Gasteiger partial charge on any atom is 0.224 e. The van der Waals surface area contributed by atoms with E-state index in [1.807, 2.05) is 23.1 Å².